The summed E-state index contributed by atoms with van der Waals surface area (Å²) in [7, 11) is 0. The molecule has 2 rings (SSSR count). The Morgan fingerprint density at radius 2 is 2.17 bits per heavy atom. The number of hydrogen-bond acceptors (Lipinski definition) is 3. The van der Waals surface area contributed by atoms with Crippen molar-refractivity contribution in [3.63, 3.8) is 0 Å². The van der Waals surface area contributed by atoms with Crippen molar-refractivity contribution < 1.29 is 0 Å². The number of aliphatic imine (C=N–C) groups is 2. The van der Waals surface area contributed by atoms with Crippen molar-refractivity contribution in [2.24, 2.45) is 21.8 Å². The number of hydrogen-bond donors (Lipinski definition) is 0. The summed E-state index contributed by atoms with van der Waals surface area (Å²) in [6.45, 7) is 9.12. The van der Waals surface area contributed by atoms with Gasteiger partial charge in [-0.15, -0.1) is 0 Å². The van der Waals surface area contributed by atoms with E-state index in [1.54, 1.807) is 6.34 Å². The van der Waals surface area contributed by atoms with Gasteiger partial charge in [-0.3, -0.25) is 0 Å². The minimum absolute atomic E-state index is 0.551. The molecule has 2 heterocycles. The van der Waals surface area contributed by atoms with Gasteiger partial charge in [0.25, 0.3) is 0 Å². The van der Waals surface area contributed by atoms with Crippen LogP contribution in [0.25, 0.3) is 0 Å². The summed E-state index contributed by atoms with van der Waals surface area (Å²) in [5.41, 5.74) is 1.39. The first kappa shape index (κ1) is 13.3. The van der Waals surface area contributed by atoms with Crippen LogP contribution in [0.3, 0.4) is 0 Å². The monoisotopic (exact) mass is 247 g/mol. The molecule has 1 fully saturated rings. The largest absolute Gasteiger partial charge is 0.359 e. The van der Waals surface area contributed by atoms with Gasteiger partial charge >= 0.3 is 0 Å². The molecule has 0 aliphatic carbocycles. The average molecular weight is 247 g/mol. The molecule has 100 valence electrons. The Morgan fingerprint density at radius 3 is 2.94 bits per heavy atom. The minimum atomic E-state index is 0.551. The standard InChI is InChI=1S/C15H25N3/c1-12(2)14-8-15(17-11-16-9-14)18-7-5-4-6-13(3)10-18/h9,11-13H,4-8,10H2,1-3H3. The number of amidine groups is 1. The van der Waals surface area contributed by atoms with E-state index in [4.69, 9.17) is 0 Å². The van der Waals surface area contributed by atoms with Crippen molar-refractivity contribution in [3.05, 3.63) is 11.8 Å². The van der Waals surface area contributed by atoms with E-state index in [-0.39, 0.29) is 0 Å². The fourth-order valence-electron chi connectivity index (χ4n) is 2.64. The zero-order valence-electron chi connectivity index (χ0n) is 11.9. The van der Waals surface area contributed by atoms with Gasteiger partial charge in [-0.25, -0.2) is 9.98 Å². The lowest BCUT2D eigenvalue weighted by molar-refractivity contribution is 0.375. The van der Waals surface area contributed by atoms with Gasteiger partial charge in [0.1, 0.15) is 12.2 Å². The van der Waals surface area contributed by atoms with E-state index in [9.17, 15) is 0 Å². The smallest absolute Gasteiger partial charge is 0.117 e. The van der Waals surface area contributed by atoms with Gasteiger partial charge in [-0.1, -0.05) is 27.2 Å². The van der Waals surface area contributed by atoms with Crippen molar-refractivity contribution in [2.75, 3.05) is 13.1 Å². The molecule has 2 aliphatic rings. The molecule has 1 saturated heterocycles. The van der Waals surface area contributed by atoms with Gasteiger partial charge in [0.05, 0.1) is 0 Å². The van der Waals surface area contributed by atoms with Crippen LogP contribution in [-0.2, 0) is 0 Å². The number of likely N-dealkylation sites (tertiary alicyclic amines) is 1. The number of nitrogens with zero attached hydrogens (tertiary/aromatic N) is 3. The van der Waals surface area contributed by atoms with Gasteiger partial charge in [0.15, 0.2) is 0 Å². The Bertz CT molecular complexity index is 366. The summed E-state index contributed by atoms with van der Waals surface area (Å²) >= 11 is 0. The summed E-state index contributed by atoms with van der Waals surface area (Å²) < 4.78 is 0. The van der Waals surface area contributed by atoms with E-state index < -0.39 is 0 Å². The minimum Gasteiger partial charge on any atom is -0.359 e. The molecular weight excluding hydrogens is 222 g/mol. The Hall–Kier alpha value is -1.12. The second kappa shape index (κ2) is 6.17. The molecule has 2 aliphatic heterocycles. The molecule has 0 saturated carbocycles. The van der Waals surface area contributed by atoms with Gasteiger partial charge in [0, 0.05) is 25.7 Å². The molecule has 1 atom stereocenters. The Kier molecular flexibility index (Phi) is 4.56. The molecule has 0 spiro atoms. The second-order valence-corrected chi connectivity index (χ2v) is 5.89. The maximum Gasteiger partial charge on any atom is 0.117 e. The molecule has 0 aromatic heterocycles. The van der Waals surface area contributed by atoms with Crippen LogP contribution in [0.15, 0.2) is 21.8 Å². The van der Waals surface area contributed by atoms with Crippen molar-refractivity contribution >= 4 is 12.2 Å². The third kappa shape index (κ3) is 3.44. The first-order valence-electron chi connectivity index (χ1n) is 7.19. The van der Waals surface area contributed by atoms with Crippen molar-refractivity contribution in [1.82, 2.24) is 4.90 Å². The Morgan fingerprint density at radius 1 is 1.33 bits per heavy atom. The van der Waals surface area contributed by atoms with Crippen molar-refractivity contribution in [1.29, 1.82) is 0 Å². The van der Waals surface area contributed by atoms with Gasteiger partial charge in [-0.2, -0.15) is 0 Å². The highest BCUT2D eigenvalue weighted by atomic mass is 15.2. The van der Waals surface area contributed by atoms with E-state index >= 15 is 0 Å². The van der Waals surface area contributed by atoms with Crippen LogP contribution in [0.4, 0.5) is 0 Å². The third-order valence-electron chi connectivity index (χ3n) is 3.89. The fraction of sp³-hybridized carbons (Fsp3) is 0.733. The maximum atomic E-state index is 4.55. The maximum absolute atomic E-state index is 4.55. The summed E-state index contributed by atoms with van der Waals surface area (Å²) in [5, 5.41) is 0. The molecule has 0 aromatic rings. The summed E-state index contributed by atoms with van der Waals surface area (Å²) in [5.74, 6) is 2.54. The molecule has 0 aromatic carbocycles. The first-order chi connectivity index (χ1) is 8.66. The van der Waals surface area contributed by atoms with Crippen molar-refractivity contribution in [3.8, 4) is 0 Å². The zero-order valence-corrected chi connectivity index (χ0v) is 11.9. The van der Waals surface area contributed by atoms with E-state index in [0.717, 1.165) is 25.4 Å². The quantitative estimate of drug-likeness (QED) is 0.697. The molecular formula is C15H25N3. The van der Waals surface area contributed by atoms with Gasteiger partial charge in [-0.05, 0) is 30.3 Å². The molecule has 0 amide bonds. The van der Waals surface area contributed by atoms with Gasteiger partial charge in [0.2, 0.25) is 0 Å². The first-order valence-corrected chi connectivity index (χ1v) is 7.19. The molecule has 0 radical (unpaired) electrons. The summed E-state index contributed by atoms with van der Waals surface area (Å²) in [4.78, 5) is 11.3. The zero-order chi connectivity index (χ0) is 13.0. The van der Waals surface area contributed by atoms with Crippen LogP contribution in [0.1, 0.15) is 46.5 Å². The third-order valence-corrected chi connectivity index (χ3v) is 3.89. The van der Waals surface area contributed by atoms with Gasteiger partial charge < -0.3 is 4.90 Å². The van der Waals surface area contributed by atoms with E-state index in [0.29, 0.717) is 5.92 Å². The van der Waals surface area contributed by atoms with Crippen LogP contribution in [0.5, 0.6) is 0 Å². The van der Waals surface area contributed by atoms with Crippen molar-refractivity contribution in [2.45, 2.75) is 46.5 Å². The highest BCUT2D eigenvalue weighted by Gasteiger charge is 2.20. The second-order valence-electron chi connectivity index (χ2n) is 5.89. The molecule has 18 heavy (non-hydrogen) atoms. The molecule has 0 N–H and O–H groups in total. The Balaban J connectivity index is 2.09. The van der Waals surface area contributed by atoms with Crippen LogP contribution in [-0.4, -0.2) is 30.2 Å². The van der Waals surface area contributed by atoms with E-state index in [2.05, 4.69) is 35.7 Å². The number of rotatable bonds is 1. The molecule has 0 bridgehead atoms. The predicted molar refractivity (Wildman–Crippen MR) is 78.1 cm³/mol. The average Bonchev–Trinajstić information content (AvgIpc) is 2.68. The fourth-order valence-corrected chi connectivity index (χ4v) is 2.64. The van der Waals surface area contributed by atoms with E-state index in [1.807, 2.05) is 6.20 Å². The van der Waals surface area contributed by atoms with Crippen LogP contribution >= 0.6 is 0 Å². The topological polar surface area (TPSA) is 28.0 Å². The highest BCUT2D eigenvalue weighted by Crippen LogP contribution is 2.21. The lowest BCUT2D eigenvalue weighted by atomic mass is 10.00. The normalized spacial score (nSPS) is 25.6. The lowest BCUT2D eigenvalue weighted by Gasteiger charge is -2.27. The summed E-state index contributed by atoms with van der Waals surface area (Å²) in [6, 6.07) is 0. The summed E-state index contributed by atoms with van der Waals surface area (Å²) in [6.07, 6.45) is 8.66. The Labute approximate surface area is 111 Å². The van der Waals surface area contributed by atoms with Crippen LogP contribution in [0, 0.1) is 11.8 Å². The molecule has 1 unspecified atom stereocenters. The predicted octanol–water partition coefficient (Wildman–Crippen LogP) is 3.48. The highest BCUT2D eigenvalue weighted by molar-refractivity contribution is 5.91. The molecule has 3 nitrogen and oxygen atoms in total. The van der Waals surface area contributed by atoms with Crippen LogP contribution < -0.4 is 0 Å². The SMILES string of the molecule is CC1CCCCN(C2=NC=NC=C(C(C)C)C2)C1. The van der Waals surface area contributed by atoms with Crippen LogP contribution in [0.2, 0.25) is 0 Å². The lowest BCUT2D eigenvalue weighted by Crippen LogP contribution is -2.34. The van der Waals surface area contributed by atoms with E-state index in [1.165, 1.54) is 30.7 Å². The molecule has 3 heteroatoms.